The van der Waals surface area contributed by atoms with Crippen LogP contribution in [0.1, 0.15) is 25.8 Å². The fourth-order valence-corrected chi connectivity index (χ4v) is 2.82. The second-order valence-corrected chi connectivity index (χ2v) is 5.73. The predicted octanol–water partition coefficient (Wildman–Crippen LogP) is 1.71. The predicted molar refractivity (Wildman–Crippen MR) is 74.1 cm³/mol. The number of carbonyl (C=O) groups excluding carboxylic acids is 1. The topological polar surface area (TPSA) is 50.4 Å². The van der Waals surface area contributed by atoms with E-state index in [0.717, 1.165) is 25.1 Å². The summed E-state index contributed by atoms with van der Waals surface area (Å²) in [5.41, 5.74) is 2.04. The van der Waals surface area contributed by atoms with Gasteiger partial charge in [-0.05, 0) is 31.9 Å². The summed E-state index contributed by atoms with van der Waals surface area (Å²) in [5, 5.41) is 6.44. The van der Waals surface area contributed by atoms with Gasteiger partial charge in [0, 0.05) is 18.7 Å². The van der Waals surface area contributed by atoms with Crippen LogP contribution in [0.3, 0.4) is 0 Å². The van der Waals surface area contributed by atoms with Crippen molar-refractivity contribution in [1.29, 1.82) is 0 Å². The van der Waals surface area contributed by atoms with Gasteiger partial charge in [0.25, 0.3) is 0 Å². The highest BCUT2D eigenvalue weighted by Gasteiger charge is 2.40. The third-order valence-corrected chi connectivity index (χ3v) is 4.38. The number of hydrogen-bond acceptors (Lipinski definition) is 3. The van der Waals surface area contributed by atoms with Gasteiger partial charge in [-0.1, -0.05) is 18.2 Å². The lowest BCUT2D eigenvalue weighted by Crippen LogP contribution is -2.54. The minimum absolute atomic E-state index is 0.0658. The van der Waals surface area contributed by atoms with Crippen LogP contribution < -0.4 is 10.6 Å². The number of para-hydroxylation sites is 1. The minimum Gasteiger partial charge on any atom is -0.376 e. The molecule has 2 heterocycles. The van der Waals surface area contributed by atoms with E-state index in [1.54, 1.807) is 0 Å². The van der Waals surface area contributed by atoms with Gasteiger partial charge in [-0.25, -0.2) is 0 Å². The molecule has 1 amide bonds. The fourth-order valence-electron chi connectivity index (χ4n) is 2.82. The highest BCUT2D eigenvalue weighted by molar-refractivity contribution is 5.88. The molecule has 3 rings (SSSR count). The van der Waals surface area contributed by atoms with Crippen LogP contribution in [-0.4, -0.2) is 30.2 Å². The molecule has 4 nitrogen and oxygen atoms in total. The van der Waals surface area contributed by atoms with Crippen LogP contribution in [0.5, 0.6) is 0 Å². The van der Waals surface area contributed by atoms with E-state index in [2.05, 4.69) is 23.6 Å². The molecule has 1 aromatic carbocycles. The Morgan fingerprint density at radius 3 is 2.95 bits per heavy atom. The molecule has 1 saturated heterocycles. The van der Waals surface area contributed by atoms with Crippen molar-refractivity contribution in [2.24, 2.45) is 0 Å². The summed E-state index contributed by atoms with van der Waals surface area (Å²) in [6, 6.07) is 7.92. The van der Waals surface area contributed by atoms with Crippen molar-refractivity contribution in [3.8, 4) is 0 Å². The van der Waals surface area contributed by atoms with Gasteiger partial charge in [0.2, 0.25) is 5.91 Å². The Morgan fingerprint density at radius 1 is 1.47 bits per heavy atom. The molecule has 2 aliphatic rings. The maximum atomic E-state index is 12.4. The number of ether oxygens (including phenoxy) is 1. The molecule has 3 atom stereocenters. The van der Waals surface area contributed by atoms with Crippen molar-refractivity contribution >= 4 is 11.6 Å². The van der Waals surface area contributed by atoms with E-state index in [1.165, 1.54) is 5.56 Å². The van der Waals surface area contributed by atoms with Crippen molar-refractivity contribution in [3.63, 3.8) is 0 Å². The van der Waals surface area contributed by atoms with Crippen molar-refractivity contribution in [2.75, 3.05) is 11.9 Å². The Kier molecular flexibility index (Phi) is 2.97. The van der Waals surface area contributed by atoms with Crippen LogP contribution in [0.25, 0.3) is 0 Å². The maximum absolute atomic E-state index is 12.4. The second-order valence-electron chi connectivity index (χ2n) is 5.73. The van der Waals surface area contributed by atoms with Crippen LogP contribution in [0, 0.1) is 0 Å². The zero-order valence-electron chi connectivity index (χ0n) is 11.4. The molecule has 0 aliphatic carbocycles. The fraction of sp³-hybridized carbons (Fsp3) is 0.533. The molecular weight excluding hydrogens is 240 g/mol. The van der Waals surface area contributed by atoms with Gasteiger partial charge in [0.05, 0.1) is 11.6 Å². The molecule has 2 N–H and O–H groups in total. The lowest BCUT2D eigenvalue weighted by molar-refractivity contribution is -0.124. The van der Waals surface area contributed by atoms with Crippen LogP contribution in [0.2, 0.25) is 0 Å². The standard InChI is InChI=1S/C15H20N2O2/c1-10-15(2,7-8-19-10)17-14(18)13-9-11-5-3-4-6-12(11)16-13/h3-6,10,13,16H,7-9H2,1-2H3,(H,17,18). The first-order valence-corrected chi connectivity index (χ1v) is 6.86. The van der Waals surface area contributed by atoms with Crippen LogP contribution in [-0.2, 0) is 16.0 Å². The molecule has 1 fully saturated rings. The van der Waals surface area contributed by atoms with Crippen LogP contribution in [0.4, 0.5) is 5.69 Å². The molecular formula is C15H20N2O2. The van der Waals surface area contributed by atoms with Crippen molar-refractivity contribution < 1.29 is 9.53 Å². The Labute approximate surface area is 113 Å². The largest absolute Gasteiger partial charge is 0.376 e. The normalized spacial score (nSPS) is 32.7. The highest BCUT2D eigenvalue weighted by Crippen LogP contribution is 2.28. The number of carbonyl (C=O) groups is 1. The Morgan fingerprint density at radius 2 is 2.26 bits per heavy atom. The first-order valence-electron chi connectivity index (χ1n) is 6.86. The number of rotatable bonds is 2. The summed E-state index contributed by atoms with van der Waals surface area (Å²) in [6.45, 7) is 4.80. The summed E-state index contributed by atoms with van der Waals surface area (Å²) in [7, 11) is 0. The SMILES string of the molecule is CC1OCCC1(C)NC(=O)C1Cc2ccccc2N1. The molecule has 0 spiro atoms. The Bertz CT molecular complexity index is 478. The van der Waals surface area contributed by atoms with Gasteiger partial charge in [-0.2, -0.15) is 0 Å². The number of amides is 1. The van der Waals surface area contributed by atoms with E-state index < -0.39 is 0 Å². The summed E-state index contributed by atoms with van der Waals surface area (Å²) in [4.78, 5) is 12.4. The van der Waals surface area contributed by atoms with Crippen LogP contribution >= 0.6 is 0 Å². The van der Waals surface area contributed by atoms with Gasteiger partial charge >= 0.3 is 0 Å². The zero-order valence-corrected chi connectivity index (χ0v) is 11.4. The lowest BCUT2D eigenvalue weighted by Gasteiger charge is -2.30. The van der Waals surface area contributed by atoms with E-state index in [9.17, 15) is 4.79 Å². The smallest absolute Gasteiger partial charge is 0.243 e. The monoisotopic (exact) mass is 260 g/mol. The van der Waals surface area contributed by atoms with Gasteiger partial charge < -0.3 is 15.4 Å². The summed E-state index contributed by atoms with van der Waals surface area (Å²) < 4.78 is 5.56. The number of hydrogen-bond donors (Lipinski definition) is 2. The van der Waals surface area contributed by atoms with Crippen molar-refractivity contribution in [1.82, 2.24) is 5.32 Å². The number of fused-ring (bicyclic) bond motifs is 1. The van der Waals surface area contributed by atoms with E-state index >= 15 is 0 Å². The van der Waals surface area contributed by atoms with Gasteiger partial charge in [-0.3, -0.25) is 4.79 Å². The zero-order chi connectivity index (χ0) is 13.5. The summed E-state index contributed by atoms with van der Waals surface area (Å²) >= 11 is 0. The Balaban J connectivity index is 1.67. The van der Waals surface area contributed by atoms with Crippen molar-refractivity contribution in [2.45, 2.75) is 44.4 Å². The summed E-state index contributed by atoms with van der Waals surface area (Å²) in [6.07, 6.45) is 1.70. The molecule has 4 heteroatoms. The lowest BCUT2D eigenvalue weighted by atomic mass is 9.94. The third-order valence-electron chi connectivity index (χ3n) is 4.38. The number of nitrogens with one attached hydrogen (secondary N) is 2. The summed E-state index contributed by atoms with van der Waals surface area (Å²) in [5.74, 6) is 0.0658. The average molecular weight is 260 g/mol. The first kappa shape index (κ1) is 12.5. The molecule has 3 unspecified atom stereocenters. The molecule has 19 heavy (non-hydrogen) atoms. The minimum atomic E-state index is -0.243. The van der Waals surface area contributed by atoms with Crippen molar-refractivity contribution in [3.05, 3.63) is 29.8 Å². The average Bonchev–Trinajstić information content (AvgIpc) is 2.94. The molecule has 0 aromatic heterocycles. The van der Waals surface area contributed by atoms with E-state index in [1.807, 2.05) is 25.1 Å². The molecule has 0 bridgehead atoms. The van der Waals surface area contributed by atoms with E-state index in [-0.39, 0.29) is 23.6 Å². The van der Waals surface area contributed by atoms with Gasteiger partial charge in [0.1, 0.15) is 6.04 Å². The van der Waals surface area contributed by atoms with E-state index in [0.29, 0.717) is 0 Å². The Hall–Kier alpha value is -1.55. The highest BCUT2D eigenvalue weighted by atomic mass is 16.5. The van der Waals surface area contributed by atoms with E-state index in [4.69, 9.17) is 4.74 Å². The van der Waals surface area contributed by atoms with Gasteiger partial charge in [-0.15, -0.1) is 0 Å². The molecule has 1 aromatic rings. The first-order chi connectivity index (χ1) is 9.08. The molecule has 102 valence electrons. The molecule has 0 saturated carbocycles. The van der Waals surface area contributed by atoms with Crippen LogP contribution in [0.15, 0.2) is 24.3 Å². The quantitative estimate of drug-likeness (QED) is 0.851. The second kappa shape index (κ2) is 4.53. The maximum Gasteiger partial charge on any atom is 0.243 e. The molecule has 0 radical (unpaired) electrons. The number of anilines is 1. The van der Waals surface area contributed by atoms with Gasteiger partial charge in [0.15, 0.2) is 0 Å². The third kappa shape index (κ3) is 2.21. The molecule has 2 aliphatic heterocycles. The number of benzene rings is 1.